The number of fused-ring (bicyclic) bond motifs is 1. The van der Waals surface area contributed by atoms with E-state index in [0.29, 0.717) is 6.42 Å². The summed E-state index contributed by atoms with van der Waals surface area (Å²) in [4.78, 5) is 17.0. The number of nitrogens with one attached hydrogen (secondary N) is 1. The maximum Gasteiger partial charge on any atom is 0.228 e. The first-order valence-electron chi connectivity index (χ1n) is 8.57. The lowest BCUT2D eigenvalue weighted by Crippen LogP contribution is -2.14. The zero-order chi connectivity index (χ0) is 17.9. The number of carbonyl (C=O) groups is 1. The first kappa shape index (κ1) is 16.1. The highest BCUT2D eigenvalue weighted by Crippen LogP contribution is 2.22. The van der Waals surface area contributed by atoms with E-state index in [1.165, 1.54) is 0 Å². The number of nitrogens with zero attached hydrogens (tertiary/aromatic N) is 2. The minimum absolute atomic E-state index is 0.0252. The average Bonchev–Trinajstić information content (AvgIpc) is 3.06. The van der Waals surface area contributed by atoms with Crippen LogP contribution in [0.25, 0.3) is 16.9 Å². The molecule has 0 saturated carbocycles. The largest absolute Gasteiger partial charge is 0.326 e. The van der Waals surface area contributed by atoms with Crippen LogP contribution >= 0.6 is 0 Å². The van der Waals surface area contributed by atoms with Crippen molar-refractivity contribution in [3.05, 3.63) is 90.3 Å². The molecule has 0 radical (unpaired) electrons. The Labute approximate surface area is 152 Å². The standard InChI is InChI=1S/C22H19N3O/c1-16-6-4-7-17(12-16)13-22(26)23-19-9-5-8-18(14-19)20-15-25-11-3-2-10-21(25)24-20/h2-12,14-15H,13H2,1H3,(H,23,26). The van der Waals surface area contributed by atoms with Crippen molar-refractivity contribution in [3.63, 3.8) is 0 Å². The summed E-state index contributed by atoms with van der Waals surface area (Å²) in [5.41, 5.74) is 5.70. The van der Waals surface area contributed by atoms with E-state index >= 15 is 0 Å². The number of hydrogen-bond acceptors (Lipinski definition) is 2. The Hall–Kier alpha value is -3.40. The molecule has 4 nitrogen and oxygen atoms in total. The van der Waals surface area contributed by atoms with Crippen LogP contribution in [0.2, 0.25) is 0 Å². The third-order valence-electron chi connectivity index (χ3n) is 4.25. The molecule has 26 heavy (non-hydrogen) atoms. The minimum atomic E-state index is -0.0252. The van der Waals surface area contributed by atoms with E-state index in [2.05, 4.69) is 10.3 Å². The van der Waals surface area contributed by atoms with Gasteiger partial charge in [-0.25, -0.2) is 4.98 Å². The van der Waals surface area contributed by atoms with Crippen molar-refractivity contribution in [1.29, 1.82) is 0 Å². The fraction of sp³-hybridized carbons (Fsp3) is 0.0909. The number of pyridine rings is 1. The molecule has 0 bridgehead atoms. The molecule has 2 aromatic carbocycles. The molecule has 0 aliphatic carbocycles. The van der Waals surface area contributed by atoms with E-state index in [9.17, 15) is 4.79 Å². The van der Waals surface area contributed by atoms with Gasteiger partial charge in [-0.15, -0.1) is 0 Å². The molecule has 0 aliphatic heterocycles. The van der Waals surface area contributed by atoms with Crippen molar-refractivity contribution in [2.24, 2.45) is 0 Å². The number of rotatable bonds is 4. The van der Waals surface area contributed by atoms with Crippen molar-refractivity contribution in [3.8, 4) is 11.3 Å². The van der Waals surface area contributed by atoms with Gasteiger partial charge in [0.1, 0.15) is 5.65 Å². The summed E-state index contributed by atoms with van der Waals surface area (Å²) in [5.74, 6) is -0.0252. The van der Waals surface area contributed by atoms with Crippen molar-refractivity contribution in [1.82, 2.24) is 9.38 Å². The number of aryl methyl sites for hydroxylation is 1. The Balaban J connectivity index is 1.53. The molecule has 2 aromatic heterocycles. The smallest absolute Gasteiger partial charge is 0.228 e. The van der Waals surface area contributed by atoms with Crippen LogP contribution in [-0.2, 0) is 11.2 Å². The van der Waals surface area contributed by atoms with Crippen molar-refractivity contribution < 1.29 is 4.79 Å². The number of anilines is 1. The van der Waals surface area contributed by atoms with Gasteiger partial charge in [-0.3, -0.25) is 4.79 Å². The molecule has 0 aliphatic rings. The molecule has 2 heterocycles. The molecule has 4 rings (SSSR count). The van der Waals surface area contributed by atoms with Gasteiger partial charge in [0.2, 0.25) is 5.91 Å². The van der Waals surface area contributed by atoms with Gasteiger partial charge in [-0.2, -0.15) is 0 Å². The molecule has 0 spiro atoms. The summed E-state index contributed by atoms with van der Waals surface area (Å²) in [6.07, 6.45) is 4.32. The Morgan fingerprint density at radius 3 is 2.77 bits per heavy atom. The molecule has 0 unspecified atom stereocenters. The number of imidazole rings is 1. The van der Waals surface area contributed by atoms with Crippen LogP contribution in [0, 0.1) is 6.92 Å². The second-order valence-electron chi connectivity index (χ2n) is 6.39. The number of aromatic nitrogens is 2. The summed E-state index contributed by atoms with van der Waals surface area (Å²) in [6, 6.07) is 21.7. The van der Waals surface area contributed by atoms with Crippen LogP contribution in [-0.4, -0.2) is 15.3 Å². The van der Waals surface area contributed by atoms with Crippen molar-refractivity contribution in [2.45, 2.75) is 13.3 Å². The Bertz CT molecular complexity index is 1050. The first-order valence-corrected chi connectivity index (χ1v) is 8.57. The highest BCUT2D eigenvalue weighted by molar-refractivity contribution is 5.92. The number of amides is 1. The van der Waals surface area contributed by atoms with Crippen LogP contribution in [0.15, 0.2) is 79.1 Å². The summed E-state index contributed by atoms with van der Waals surface area (Å²) in [6.45, 7) is 2.03. The molecule has 4 aromatic rings. The van der Waals surface area contributed by atoms with Gasteiger partial charge in [0, 0.05) is 23.6 Å². The fourth-order valence-corrected chi connectivity index (χ4v) is 3.04. The van der Waals surface area contributed by atoms with E-state index < -0.39 is 0 Å². The minimum Gasteiger partial charge on any atom is -0.326 e. The predicted octanol–water partition coefficient (Wildman–Crippen LogP) is 4.49. The molecule has 0 fully saturated rings. The van der Waals surface area contributed by atoms with Gasteiger partial charge in [-0.1, -0.05) is 48.0 Å². The lowest BCUT2D eigenvalue weighted by molar-refractivity contribution is -0.115. The second-order valence-corrected chi connectivity index (χ2v) is 6.39. The van der Waals surface area contributed by atoms with Crippen LogP contribution in [0.5, 0.6) is 0 Å². The van der Waals surface area contributed by atoms with E-state index in [1.54, 1.807) is 0 Å². The Morgan fingerprint density at radius 2 is 1.92 bits per heavy atom. The average molecular weight is 341 g/mol. The molecule has 4 heteroatoms. The Kier molecular flexibility index (Phi) is 4.23. The van der Waals surface area contributed by atoms with Gasteiger partial charge in [-0.05, 0) is 36.8 Å². The maximum absolute atomic E-state index is 12.4. The SMILES string of the molecule is Cc1cccc(CC(=O)Nc2cccc(-c3cn4ccccc4n3)c2)c1. The molecular formula is C22H19N3O. The van der Waals surface area contributed by atoms with Crippen molar-refractivity contribution in [2.75, 3.05) is 5.32 Å². The van der Waals surface area contributed by atoms with Gasteiger partial charge in [0.25, 0.3) is 0 Å². The monoisotopic (exact) mass is 341 g/mol. The fourth-order valence-electron chi connectivity index (χ4n) is 3.04. The lowest BCUT2D eigenvalue weighted by atomic mass is 10.1. The summed E-state index contributed by atoms with van der Waals surface area (Å²) in [7, 11) is 0. The van der Waals surface area contributed by atoms with Gasteiger partial charge < -0.3 is 9.72 Å². The Morgan fingerprint density at radius 1 is 1.04 bits per heavy atom. The number of benzene rings is 2. The molecule has 0 atom stereocenters. The zero-order valence-electron chi connectivity index (χ0n) is 14.5. The molecule has 0 saturated heterocycles. The molecule has 128 valence electrons. The quantitative estimate of drug-likeness (QED) is 0.594. The van der Waals surface area contributed by atoms with E-state index in [1.807, 2.05) is 90.4 Å². The number of hydrogen-bond donors (Lipinski definition) is 1. The maximum atomic E-state index is 12.4. The predicted molar refractivity (Wildman–Crippen MR) is 104 cm³/mol. The van der Waals surface area contributed by atoms with Crippen LogP contribution in [0.4, 0.5) is 5.69 Å². The third-order valence-corrected chi connectivity index (χ3v) is 4.25. The van der Waals surface area contributed by atoms with Gasteiger partial charge in [0.05, 0.1) is 12.1 Å². The topological polar surface area (TPSA) is 46.4 Å². The first-order chi connectivity index (χ1) is 12.7. The summed E-state index contributed by atoms with van der Waals surface area (Å²) < 4.78 is 1.98. The lowest BCUT2D eigenvalue weighted by Gasteiger charge is -2.07. The van der Waals surface area contributed by atoms with Crippen LogP contribution < -0.4 is 5.32 Å². The van der Waals surface area contributed by atoms with Crippen LogP contribution in [0.1, 0.15) is 11.1 Å². The summed E-state index contributed by atoms with van der Waals surface area (Å²) in [5, 5.41) is 2.98. The van der Waals surface area contributed by atoms with Gasteiger partial charge >= 0.3 is 0 Å². The molecular weight excluding hydrogens is 322 g/mol. The normalized spacial score (nSPS) is 10.8. The zero-order valence-corrected chi connectivity index (χ0v) is 14.5. The van der Waals surface area contributed by atoms with E-state index in [0.717, 1.165) is 33.7 Å². The van der Waals surface area contributed by atoms with Crippen molar-refractivity contribution >= 4 is 17.2 Å². The van der Waals surface area contributed by atoms with E-state index in [4.69, 9.17) is 0 Å². The third kappa shape index (κ3) is 3.49. The molecule has 1 N–H and O–H groups in total. The van der Waals surface area contributed by atoms with E-state index in [-0.39, 0.29) is 5.91 Å². The number of carbonyl (C=O) groups excluding carboxylic acids is 1. The second kappa shape index (κ2) is 6.84. The highest BCUT2D eigenvalue weighted by atomic mass is 16.1. The van der Waals surface area contributed by atoms with Gasteiger partial charge in [0.15, 0.2) is 0 Å². The summed E-state index contributed by atoms with van der Waals surface area (Å²) >= 11 is 0. The molecule has 1 amide bonds. The highest BCUT2D eigenvalue weighted by Gasteiger charge is 2.08. The van der Waals surface area contributed by atoms with Crippen LogP contribution in [0.3, 0.4) is 0 Å².